The van der Waals surface area contributed by atoms with Crippen molar-refractivity contribution in [1.82, 2.24) is 9.80 Å². The van der Waals surface area contributed by atoms with Gasteiger partial charge in [-0.25, -0.2) is 0 Å². The lowest BCUT2D eigenvalue weighted by Crippen LogP contribution is -2.48. The van der Waals surface area contributed by atoms with Gasteiger partial charge in [0.1, 0.15) is 5.75 Å². The summed E-state index contributed by atoms with van der Waals surface area (Å²) >= 11 is 0. The minimum Gasteiger partial charge on any atom is -0.497 e. The summed E-state index contributed by atoms with van der Waals surface area (Å²) in [5.41, 5.74) is 1.19. The molecule has 1 heterocycles. The van der Waals surface area contributed by atoms with Crippen LogP contribution >= 0.6 is 0 Å². The third-order valence-corrected chi connectivity index (χ3v) is 3.97. The Balaban J connectivity index is 1.89. The third-order valence-electron chi connectivity index (χ3n) is 3.97. The molecule has 0 aromatic heterocycles. The van der Waals surface area contributed by atoms with E-state index in [1.807, 2.05) is 36.1 Å². The molecule has 1 fully saturated rings. The van der Waals surface area contributed by atoms with E-state index >= 15 is 0 Å². The Labute approximate surface area is 132 Å². The first-order valence-electron chi connectivity index (χ1n) is 7.87. The Bertz CT molecular complexity index is 475. The van der Waals surface area contributed by atoms with Crippen LogP contribution in [0.1, 0.15) is 19.4 Å². The number of nitrogens with zero attached hydrogens (tertiary/aromatic N) is 2. The van der Waals surface area contributed by atoms with Gasteiger partial charge in [-0.15, -0.1) is 0 Å². The molecule has 1 amide bonds. The molecule has 0 radical (unpaired) electrons. The van der Waals surface area contributed by atoms with Crippen molar-refractivity contribution in [2.45, 2.75) is 26.5 Å². The van der Waals surface area contributed by atoms with Crippen molar-refractivity contribution in [3.8, 4) is 5.75 Å². The lowest BCUT2D eigenvalue weighted by molar-refractivity contribution is -0.139. The largest absolute Gasteiger partial charge is 0.497 e. The molecule has 1 aliphatic heterocycles. The molecular weight excluding hydrogens is 280 g/mol. The van der Waals surface area contributed by atoms with E-state index in [0.717, 1.165) is 18.8 Å². The van der Waals surface area contributed by atoms with Gasteiger partial charge in [0.2, 0.25) is 5.91 Å². The van der Waals surface area contributed by atoms with Crippen LogP contribution in [0.2, 0.25) is 0 Å². The van der Waals surface area contributed by atoms with Gasteiger partial charge in [-0.1, -0.05) is 19.1 Å². The first kappa shape index (κ1) is 16.8. The van der Waals surface area contributed by atoms with E-state index in [9.17, 15) is 4.79 Å². The molecule has 1 aromatic rings. The van der Waals surface area contributed by atoms with Gasteiger partial charge in [0.05, 0.1) is 26.4 Å². The van der Waals surface area contributed by atoms with E-state index in [-0.39, 0.29) is 12.0 Å². The summed E-state index contributed by atoms with van der Waals surface area (Å²) < 4.78 is 10.7. The van der Waals surface area contributed by atoms with Crippen LogP contribution < -0.4 is 4.74 Å². The molecule has 0 N–H and O–H groups in total. The highest BCUT2D eigenvalue weighted by atomic mass is 16.5. The van der Waals surface area contributed by atoms with Gasteiger partial charge in [-0.2, -0.15) is 0 Å². The quantitative estimate of drug-likeness (QED) is 0.803. The van der Waals surface area contributed by atoms with E-state index in [1.165, 1.54) is 5.56 Å². The minimum absolute atomic E-state index is 0.134. The predicted octanol–water partition coefficient (Wildman–Crippen LogP) is 1.76. The number of morpholine rings is 1. The molecule has 0 aliphatic carbocycles. The highest BCUT2D eigenvalue weighted by molar-refractivity contribution is 5.78. The van der Waals surface area contributed by atoms with Gasteiger partial charge in [0.15, 0.2) is 0 Å². The van der Waals surface area contributed by atoms with E-state index in [2.05, 4.69) is 11.8 Å². The molecule has 0 bridgehead atoms. The van der Waals surface area contributed by atoms with E-state index in [0.29, 0.717) is 26.2 Å². The number of hydrogen-bond donors (Lipinski definition) is 0. The van der Waals surface area contributed by atoms with E-state index in [4.69, 9.17) is 9.47 Å². The lowest BCUT2D eigenvalue weighted by atomic mass is 10.2. The molecular formula is C17H26N2O3. The molecule has 1 aromatic carbocycles. The van der Waals surface area contributed by atoms with Crippen LogP contribution in [0.5, 0.6) is 5.75 Å². The average Bonchev–Trinajstić information content (AvgIpc) is 2.54. The van der Waals surface area contributed by atoms with Crippen LogP contribution in [0.3, 0.4) is 0 Å². The number of hydrogen-bond acceptors (Lipinski definition) is 4. The maximum Gasteiger partial charge on any atom is 0.236 e. The molecule has 1 atom stereocenters. The Morgan fingerprint density at radius 2 is 2.14 bits per heavy atom. The summed E-state index contributed by atoms with van der Waals surface area (Å²) in [5.74, 6) is 1.04. The Hall–Kier alpha value is -1.59. The van der Waals surface area contributed by atoms with Crippen molar-refractivity contribution in [3.05, 3.63) is 29.8 Å². The van der Waals surface area contributed by atoms with Crippen molar-refractivity contribution in [2.24, 2.45) is 0 Å². The number of rotatable bonds is 6. The molecule has 0 saturated carbocycles. The van der Waals surface area contributed by atoms with Crippen LogP contribution in [0.25, 0.3) is 0 Å². The zero-order valence-corrected chi connectivity index (χ0v) is 13.7. The summed E-state index contributed by atoms with van der Waals surface area (Å²) in [6.07, 6.45) is 0.134. The lowest BCUT2D eigenvalue weighted by Gasteiger charge is -2.32. The van der Waals surface area contributed by atoms with Crippen molar-refractivity contribution in [1.29, 1.82) is 0 Å². The zero-order valence-electron chi connectivity index (χ0n) is 13.7. The normalized spacial score (nSPS) is 18.5. The first-order chi connectivity index (χ1) is 10.6. The van der Waals surface area contributed by atoms with Gasteiger partial charge >= 0.3 is 0 Å². The van der Waals surface area contributed by atoms with E-state index < -0.39 is 0 Å². The van der Waals surface area contributed by atoms with Crippen molar-refractivity contribution in [2.75, 3.05) is 39.9 Å². The highest BCUT2D eigenvalue weighted by Gasteiger charge is 2.22. The molecule has 22 heavy (non-hydrogen) atoms. The fourth-order valence-corrected chi connectivity index (χ4v) is 2.60. The monoisotopic (exact) mass is 306 g/mol. The first-order valence-corrected chi connectivity index (χ1v) is 7.87. The summed E-state index contributed by atoms with van der Waals surface area (Å²) in [5, 5.41) is 0. The van der Waals surface area contributed by atoms with Crippen LogP contribution in [0, 0.1) is 0 Å². The van der Waals surface area contributed by atoms with Gasteiger partial charge in [0, 0.05) is 19.6 Å². The van der Waals surface area contributed by atoms with Crippen LogP contribution in [-0.2, 0) is 16.1 Å². The van der Waals surface area contributed by atoms with E-state index in [1.54, 1.807) is 7.11 Å². The number of benzene rings is 1. The maximum absolute atomic E-state index is 12.4. The molecule has 0 spiro atoms. The summed E-state index contributed by atoms with van der Waals surface area (Å²) in [6.45, 7) is 8.19. The molecule has 122 valence electrons. The second-order valence-electron chi connectivity index (χ2n) is 5.67. The smallest absolute Gasteiger partial charge is 0.236 e. The van der Waals surface area contributed by atoms with Gasteiger partial charge in [-0.05, 0) is 31.2 Å². The standard InChI is InChI=1S/C17H26N2O3/c1-4-18(12-15-5-7-16(21-3)8-6-15)13-17(20)19-9-10-22-14(2)11-19/h5-8,14H,4,9-13H2,1-3H3/t14-/m1/s1. The van der Waals surface area contributed by atoms with Crippen LogP contribution in [0.4, 0.5) is 0 Å². The fourth-order valence-electron chi connectivity index (χ4n) is 2.60. The summed E-state index contributed by atoms with van der Waals surface area (Å²) in [4.78, 5) is 16.5. The number of amides is 1. The molecule has 1 saturated heterocycles. The van der Waals surface area contributed by atoms with Gasteiger partial charge in [-0.3, -0.25) is 9.69 Å². The van der Waals surface area contributed by atoms with Crippen LogP contribution in [0.15, 0.2) is 24.3 Å². The highest BCUT2D eigenvalue weighted by Crippen LogP contribution is 2.13. The number of ether oxygens (including phenoxy) is 2. The molecule has 5 nitrogen and oxygen atoms in total. The van der Waals surface area contributed by atoms with Crippen LogP contribution in [-0.4, -0.2) is 61.7 Å². The molecule has 2 rings (SSSR count). The Morgan fingerprint density at radius 1 is 1.41 bits per heavy atom. The number of carbonyl (C=O) groups excluding carboxylic acids is 1. The second-order valence-corrected chi connectivity index (χ2v) is 5.67. The summed E-state index contributed by atoms with van der Waals surface area (Å²) in [7, 11) is 1.66. The Kier molecular flexibility index (Phi) is 6.21. The second kappa shape index (κ2) is 8.15. The van der Waals surface area contributed by atoms with Crippen molar-refractivity contribution >= 4 is 5.91 Å². The minimum atomic E-state index is 0.134. The van der Waals surface area contributed by atoms with Crippen molar-refractivity contribution in [3.63, 3.8) is 0 Å². The zero-order chi connectivity index (χ0) is 15.9. The van der Waals surface area contributed by atoms with Crippen molar-refractivity contribution < 1.29 is 14.3 Å². The SMILES string of the molecule is CCN(CC(=O)N1CCO[C@H](C)C1)Cc1ccc(OC)cc1. The summed E-state index contributed by atoms with van der Waals surface area (Å²) in [6, 6.07) is 7.99. The molecule has 0 unspecified atom stereocenters. The maximum atomic E-state index is 12.4. The van der Waals surface area contributed by atoms with Gasteiger partial charge < -0.3 is 14.4 Å². The van der Waals surface area contributed by atoms with Gasteiger partial charge in [0.25, 0.3) is 0 Å². The number of carbonyl (C=O) groups is 1. The number of likely N-dealkylation sites (N-methyl/N-ethyl adjacent to an activating group) is 1. The average molecular weight is 306 g/mol. The predicted molar refractivity (Wildman–Crippen MR) is 85.9 cm³/mol. The topological polar surface area (TPSA) is 42.0 Å². The molecule has 5 heteroatoms. The fraction of sp³-hybridized carbons (Fsp3) is 0.588. The molecule has 1 aliphatic rings. The third kappa shape index (κ3) is 4.71. The number of methoxy groups -OCH3 is 1. The Morgan fingerprint density at radius 3 is 2.73 bits per heavy atom.